The first-order valence-electron chi connectivity index (χ1n) is 18.2. The third-order valence-electron chi connectivity index (χ3n) is 11.4. The van der Waals surface area contributed by atoms with Crippen LogP contribution < -0.4 is 19.7 Å². The van der Waals surface area contributed by atoms with Crippen molar-refractivity contribution >= 4 is 45.2 Å². The lowest BCUT2D eigenvalue weighted by Crippen LogP contribution is -2.62. The quantitative estimate of drug-likeness (QED) is 0.380. The number of nitrogens with zero attached hydrogens (tertiary/aromatic N) is 3. The molecule has 7 rings (SSSR count). The summed E-state index contributed by atoms with van der Waals surface area (Å²) in [4.78, 5) is 42.6. The number of nitrogens with one attached hydrogen (secondary N) is 2. The van der Waals surface area contributed by atoms with Crippen molar-refractivity contribution in [2.45, 2.75) is 63.0 Å². The molecule has 14 heteroatoms. The Kier molecular flexibility index (Phi) is 10.5. The number of hydrogen-bond acceptors (Lipinski definition) is 8. The molecule has 280 valence electrons. The van der Waals surface area contributed by atoms with Crippen LogP contribution in [0.3, 0.4) is 0 Å². The second-order valence-electron chi connectivity index (χ2n) is 15.1. The number of urea groups is 1. The predicted octanol–water partition coefficient (Wildman–Crippen LogP) is 5.72. The minimum Gasteiger partial charge on any atom is -0.490 e. The molecule has 5 aliphatic rings. The van der Waals surface area contributed by atoms with Crippen LogP contribution in [0.2, 0.25) is 5.02 Å². The third kappa shape index (κ3) is 7.49. The van der Waals surface area contributed by atoms with E-state index >= 15 is 0 Å². The molecular formula is C38H48ClN5O7S. The molecule has 12 nitrogen and oxygen atoms in total. The summed E-state index contributed by atoms with van der Waals surface area (Å²) in [7, 11) is -0.526. The average molecular weight is 754 g/mol. The van der Waals surface area contributed by atoms with Crippen molar-refractivity contribution < 1.29 is 32.8 Å². The first-order valence-corrected chi connectivity index (χ1v) is 20.2. The summed E-state index contributed by atoms with van der Waals surface area (Å²) < 4.78 is 38.6. The molecule has 2 fully saturated rings. The number of aryl methyl sites for hydroxylation is 1. The van der Waals surface area contributed by atoms with Gasteiger partial charge in [0.1, 0.15) is 15.7 Å². The van der Waals surface area contributed by atoms with Crippen LogP contribution in [0.15, 0.2) is 52.9 Å². The molecule has 1 saturated carbocycles. The van der Waals surface area contributed by atoms with Gasteiger partial charge < -0.3 is 29.3 Å². The number of anilines is 1. The predicted molar refractivity (Wildman–Crippen MR) is 199 cm³/mol. The van der Waals surface area contributed by atoms with E-state index in [1.807, 2.05) is 19.1 Å². The van der Waals surface area contributed by atoms with Crippen molar-refractivity contribution in [3.8, 4) is 5.75 Å². The fraction of sp³-hybridized carbons (Fsp3) is 0.553. The summed E-state index contributed by atoms with van der Waals surface area (Å²) in [6.45, 7) is 4.39. The van der Waals surface area contributed by atoms with Gasteiger partial charge in [-0.2, -0.15) is 0 Å². The molecule has 0 unspecified atom stereocenters. The zero-order chi connectivity index (χ0) is 36.6. The number of allylic oxidation sites excluding steroid dienone is 1. The zero-order valence-electron chi connectivity index (χ0n) is 30.0. The van der Waals surface area contributed by atoms with E-state index < -0.39 is 27.9 Å². The Morgan fingerprint density at radius 2 is 1.94 bits per heavy atom. The van der Waals surface area contributed by atoms with E-state index in [1.165, 1.54) is 23.1 Å². The lowest BCUT2D eigenvalue weighted by molar-refractivity contribution is 0.0131. The Morgan fingerprint density at radius 1 is 1.12 bits per heavy atom. The number of hydrogen-bond donors (Lipinski definition) is 2. The Morgan fingerprint density at radius 3 is 2.69 bits per heavy atom. The van der Waals surface area contributed by atoms with Crippen LogP contribution in [0.1, 0.15) is 60.5 Å². The van der Waals surface area contributed by atoms with E-state index in [2.05, 4.69) is 43.6 Å². The minimum atomic E-state index is -3.57. The summed E-state index contributed by atoms with van der Waals surface area (Å²) >= 11 is 6.45. The lowest BCUT2D eigenvalue weighted by Gasteiger charge is -2.46. The largest absolute Gasteiger partial charge is 0.490 e. The van der Waals surface area contributed by atoms with Crippen LogP contribution in [0.25, 0.3) is 0 Å². The third-order valence-corrected chi connectivity index (χ3v) is 13.6. The van der Waals surface area contributed by atoms with Gasteiger partial charge >= 0.3 is 12.1 Å². The van der Waals surface area contributed by atoms with Gasteiger partial charge in [-0.05, 0) is 97.7 Å². The molecule has 52 heavy (non-hydrogen) atoms. The number of fused-ring (bicyclic) bond motifs is 4. The molecular weight excluding hydrogens is 706 g/mol. The van der Waals surface area contributed by atoms with Crippen molar-refractivity contribution in [2.75, 3.05) is 57.7 Å². The number of methoxy groups -OCH3 is 2. The maximum Gasteiger partial charge on any atom is 0.409 e. The Bertz CT molecular complexity index is 1880. The Labute approximate surface area is 310 Å². The van der Waals surface area contributed by atoms with Crippen molar-refractivity contribution in [1.29, 1.82) is 0 Å². The second kappa shape index (κ2) is 14.9. The van der Waals surface area contributed by atoms with Gasteiger partial charge in [0.15, 0.2) is 0 Å². The van der Waals surface area contributed by atoms with E-state index in [9.17, 15) is 18.6 Å². The fourth-order valence-corrected chi connectivity index (χ4v) is 10.6. The Hall–Kier alpha value is -3.81. The van der Waals surface area contributed by atoms with Crippen molar-refractivity contribution in [3.63, 3.8) is 0 Å². The van der Waals surface area contributed by atoms with E-state index in [1.54, 1.807) is 19.2 Å². The molecule has 0 radical (unpaired) electrons. The highest BCUT2D eigenvalue weighted by molar-refractivity contribution is 7.92. The summed E-state index contributed by atoms with van der Waals surface area (Å²) in [6.07, 6.45) is 9.22. The van der Waals surface area contributed by atoms with Crippen LogP contribution in [0, 0.1) is 17.8 Å². The number of carbonyl (C=O) groups is 3. The molecule has 2 aromatic carbocycles. The molecule has 2 aromatic rings. The average Bonchev–Trinajstić information content (AvgIpc) is 3.23. The number of carbonyl (C=O) groups excluding carboxylic acids is 3. The number of likely N-dealkylation sites (tertiary alicyclic amines) is 1. The number of benzene rings is 2. The van der Waals surface area contributed by atoms with Crippen LogP contribution in [-0.2, 0) is 31.2 Å². The molecule has 3 aliphatic heterocycles. The molecule has 2 aliphatic carbocycles. The van der Waals surface area contributed by atoms with Crippen LogP contribution in [-0.4, -0.2) is 92.0 Å². The highest BCUT2D eigenvalue weighted by Gasteiger charge is 2.44. The number of ether oxygens (including phenoxy) is 3. The first kappa shape index (κ1) is 36.5. The van der Waals surface area contributed by atoms with Gasteiger partial charge in [0.25, 0.3) is 5.91 Å². The van der Waals surface area contributed by atoms with Gasteiger partial charge in [-0.3, -0.25) is 9.52 Å². The molecule has 2 bridgehead atoms. The minimum absolute atomic E-state index is 0.0364. The summed E-state index contributed by atoms with van der Waals surface area (Å²) in [5.41, 5.74) is 3.30. The van der Waals surface area contributed by atoms with Gasteiger partial charge in [-0.15, -0.1) is 4.36 Å². The Balaban J connectivity index is 1.23. The second-order valence-corrected chi connectivity index (χ2v) is 17.5. The van der Waals surface area contributed by atoms with Crippen molar-refractivity contribution in [2.24, 2.45) is 22.1 Å². The molecule has 1 spiro atoms. The van der Waals surface area contributed by atoms with E-state index in [0.29, 0.717) is 37.2 Å². The summed E-state index contributed by atoms with van der Waals surface area (Å²) in [6, 6.07) is 10.4. The smallest absolute Gasteiger partial charge is 0.409 e. The number of rotatable bonds is 3. The summed E-state index contributed by atoms with van der Waals surface area (Å²) in [5, 5.41) is 3.47. The monoisotopic (exact) mass is 753 g/mol. The van der Waals surface area contributed by atoms with E-state index in [0.717, 1.165) is 49.4 Å². The zero-order valence-corrected chi connectivity index (χ0v) is 31.5. The number of amides is 4. The highest BCUT2D eigenvalue weighted by atomic mass is 35.5. The molecule has 1 saturated heterocycles. The normalized spacial score (nSPS) is 31.0. The van der Waals surface area contributed by atoms with Gasteiger partial charge in [0, 0.05) is 49.3 Å². The standard InChI is InChI=1S/C38H48ClN5O7S/c1-24-6-4-8-33(49-2)30-12-9-27(30)18-44-22-38(15-5-7-25-16-28(39)11-13-31(25)38)23-51-34-14-10-26(17-32(34)44)35(45)41-52(48,21-24)42-36(46)40-29-19-43(20-29)37(47)50-3/h4,8,10-11,13-14,16-17,24,27,29-30,33H,5-7,9,12,15,18-23H2,1-3H3,(H2,40,41,42,45,46,48)/b8-4+/t24-,27-,30+,33-,38-,52-/m0/s1. The lowest BCUT2D eigenvalue weighted by atomic mass is 9.68. The molecule has 3 heterocycles. The van der Waals surface area contributed by atoms with Gasteiger partial charge in [-0.1, -0.05) is 36.7 Å². The van der Waals surface area contributed by atoms with E-state index in [-0.39, 0.29) is 47.9 Å². The van der Waals surface area contributed by atoms with Crippen LogP contribution in [0.5, 0.6) is 5.75 Å². The van der Waals surface area contributed by atoms with Gasteiger partial charge in [-0.25, -0.2) is 13.8 Å². The molecule has 0 aromatic heterocycles. The van der Waals surface area contributed by atoms with Gasteiger partial charge in [0.2, 0.25) is 0 Å². The van der Waals surface area contributed by atoms with Crippen molar-refractivity contribution in [1.82, 2.24) is 14.9 Å². The molecule has 2 N–H and O–H groups in total. The van der Waals surface area contributed by atoms with Gasteiger partial charge in [0.05, 0.1) is 37.3 Å². The first-order chi connectivity index (χ1) is 25.0. The fourth-order valence-electron chi connectivity index (χ4n) is 8.58. The number of halogens is 1. The topological polar surface area (TPSA) is 139 Å². The molecule has 6 atom stereocenters. The summed E-state index contributed by atoms with van der Waals surface area (Å²) in [5.74, 6) is 0.482. The maximum absolute atomic E-state index is 14.4. The van der Waals surface area contributed by atoms with E-state index in [4.69, 9.17) is 25.8 Å². The SMILES string of the molecule is COC(=O)N1CC(NC(=O)N[S@@]2(=O)=NC(=O)c3ccc4c(c3)N(C[C@@H]3CC[C@H]3[C@@H](OC)/C=C/C[C@H](C)C2)C[C@@]2(CCCc3cc(Cl)ccc32)CO4)C1. The van der Waals surface area contributed by atoms with Crippen LogP contribution >= 0.6 is 11.6 Å². The highest BCUT2D eigenvalue weighted by Crippen LogP contribution is 2.47. The maximum atomic E-state index is 14.4. The molecule has 4 amide bonds. The van der Waals surface area contributed by atoms with Crippen molar-refractivity contribution in [3.05, 3.63) is 70.3 Å². The van der Waals surface area contributed by atoms with Crippen LogP contribution in [0.4, 0.5) is 15.3 Å².